The van der Waals surface area contributed by atoms with Crippen LogP contribution in [0.3, 0.4) is 0 Å². The first kappa shape index (κ1) is 61.3. The molecule has 0 amide bonds. The minimum absolute atomic E-state index is 0.00643. The fourth-order valence-corrected chi connectivity index (χ4v) is 7.71. The molecule has 1 aliphatic rings. The molecule has 6 unspecified atom stereocenters. The van der Waals surface area contributed by atoms with Crippen LogP contribution in [0, 0.1) is 0 Å². The summed E-state index contributed by atoms with van der Waals surface area (Å²) in [5.41, 5.74) is 0. The Hall–Kier alpha value is -2.72. The molecule has 0 saturated carbocycles. The Morgan fingerprint density at radius 1 is 0.591 bits per heavy atom. The lowest BCUT2D eigenvalue weighted by Gasteiger charge is -2.41. The van der Waals surface area contributed by atoms with Crippen LogP contribution in [-0.2, 0) is 38.3 Å². The van der Waals surface area contributed by atoms with Crippen molar-refractivity contribution in [2.45, 2.75) is 218 Å². The largest absolute Gasteiger partial charge is 0.457 e. The van der Waals surface area contributed by atoms with Gasteiger partial charge in [0.05, 0.1) is 19.8 Å². The van der Waals surface area contributed by atoms with Crippen LogP contribution in [0.15, 0.2) is 85.1 Å². The normalized spacial score (nSPS) is 20.2. The van der Waals surface area contributed by atoms with Gasteiger partial charge in [-0.3, -0.25) is 9.35 Å². The molecule has 0 aromatic heterocycles. The minimum Gasteiger partial charge on any atom is -0.457 e. The Balaban J connectivity index is 2.39. The predicted molar refractivity (Wildman–Crippen MR) is 266 cm³/mol. The average Bonchev–Trinajstić information content (AvgIpc) is 3.29. The summed E-state index contributed by atoms with van der Waals surface area (Å²) in [5, 5.41) is 30.7. The topological polar surface area (TPSA) is 178 Å². The summed E-state index contributed by atoms with van der Waals surface area (Å²) in [6, 6.07) is 0. The van der Waals surface area contributed by atoms with Crippen molar-refractivity contribution in [2.24, 2.45) is 0 Å². The fourth-order valence-electron chi connectivity index (χ4n) is 7.20. The van der Waals surface area contributed by atoms with Gasteiger partial charge in [0.2, 0.25) is 0 Å². The number of aliphatic hydroxyl groups is 3. The van der Waals surface area contributed by atoms with Crippen LogP contribution >= 0.6 is 0 Å². The number of esters is 1. The second kappa shape index (κ2) is 43.6. The van der Waals surface area contributed by atoms with E-state index in [1.54, 1.807) is 0 Å². The maximum absolute atomic E-state index is 12.9. The maximum Gasteiger partial charge on any atom is 0.397 e. The van der Waals surface area contributed by atoms with Gasteiger partial charge in [-0.25, -0.2) is 4.18 Å². The molecule has 0 aromatic rings. The van der Waals surface area contributed by atoms with E-state index in [-0.39, 0.29) is 19.6 Å². The zero-order chi connectivity index (χ0) is 48.2. The molecule has 1 aliphatic heterocycles. The van der Waals surface area contributed by atoms with Crippen LogP contribution < -0.4 is 0 Å². The van der Waals surface area contributed by atoms with Crippen LogP contribution in [0.25, 0.3) is 0 Å². The lowest BCUT2D eigenvalue weighted by molar-refractivity contribution is -0.301. The molecule has 0 bridgehead atoms. The lowest BCUT2D eigenvalue weighted by Crippen LogP contribution is -2.60. The van der Waals surface area contributed by atoms with Crippen molar-refractivity contribution in [3.63, 3.8) is 0 Å². The molecule has 1 saturated heterocycles. The third-order valence-electron chi connectivity index (χ3n) is 11.0. The van der Waals surface area contributed by atoms with Gasteiger partial charge < -0.3 is 34.3 Å². The lowest BCUT2D eigenvalue weighted by atomic mass is 9.99. The highest BCUT2D eigenvalue weighted by molar-refractivity contribution is 7.80. The van der Waals surface area contributed by atoms with Crippen LogP contribution in [0.1, 0.15) is 181 Å². The van der Waals surface area contributed by atoms with Crippen LogP contribution in [0.5, 0.6) is 0 Å². The first-order chi connectivity index (χ1) is 32.1. The van der Waals surface area contributed by atoms with Crippen molar-refractivity contribution in [1.82, 2.24) is 0 Å². The maximum atomic E-state index is 12.9. The third kappa shape index (κ3) is 36.3. The van der Waals surface area contributed by atoms with E-state index in [2.05, 4.69) is 103 Å². The van der Waals surface area contributed by atoms with Crippen molar-refractivity contribution in [2.75, 3.05) is 26.4 Å². The molecule has 6 atom stereocenters. The molecule has 380 valence electrons. The molecule has 0 aliphatic carbocycles. The monoisotopic (exact) mass is 951 g/mol. The summed E-state index contributed by atoms with van der Waals surface area (Å²) in [5.74, 6) is -0.421. The van der Waals surface area contributed by atoms with Crippen molar-refractivity contribution in [3.05, 3.63) is 85.1 Å². The number of hydrogen-bond donors (Lipinski definition) is 4. The molecule has 1 heterocycles. The van der Waals surface area contributed by atoms with E-state index in [0.717, 1.165) is 89.9 Å². The molecule has 12 nitrogen and oxygen atoms in total. The minimum atomic E-state index is -5.07. The molecule has 1 rings (SSSR count). The number of hydrogen-bond acceptors (Lipinski definition) is 11. The molecular weight excluding hydrogens is 861 g/mol. The second-order valence-corrected chi connectivity index (χ2v) is 18.1. The Morgan fingerprint density at radius 2 is 1.05 bits per heavy atom. The second-order valence-electron chi connectivity index (χ2n) is 17.0. The molecule has 1 fully saturated rings. The van der Waals surface area contributed by atoms with E-state index < -0.39 is 59.8 Å². The van der Waals surface area contributed by atoms with Crippen molar-refractivity contribution >= 4 is 16.4 Å². The number of aliphatic hydroxyl groups excluding tert-OH is 3. The first-order valence-electron chi connectivity index (χ1n) is 25.3. The average molecular weight is 951 g/mol. The number of ether oxygens (including phenoxy) is 4. The predicted octanol–water partition coefficient (Wildman–Crippen LogP) is 11.6. The molecule has 0 spiro atoms. The summed E-state index contributed by atoms with van der Waals surface area (Å²) >= 11 is 0. The molecule has 4 N–H and O–H groups in total. The molecule has 0 radical (unpaired) electrons. The quantitative estimate of drug-likeness (QED) is 0.0197. The van der Waals surface area contributed by atoms with E-state index in [1.165, 1.54) is 64.2 Å². The highest BCUT2D eigenvalue weighted by atomic mass is 32.3. The van der Waals surface area contributed by atoms with Crippen LogP contribution in [-0.4, -0.2) is 97.5 Å². The molecule has 0 aromatic carbocycles. The summed E-state index contributed by atoms with van der Waals surface area (Å²) < 4.78 is 59.2. The first-order valence-corrected chi connectivity index (χ1v) is 26.7. The van der Waals surface area contributed by atoms with Gasteiger partial charge in [0.15, 0.2) is 6.29 Å². The Morgan fingerprint density at radius 3 is 1.53 bits per heavy atom. The SMILES string of the molecule is CC/C=C\C/C=C\C/C=C\C/C=C\CCCCCOCC(COC1OC(CO)C(O)C(OS(=O)(=O)O)C1O)OC(=O)CCCCCCCCCC/C=C\C/C=C\C/C=C\CCCCCCC. The van der Waals surface area contributed by atoms with Crippen LogP contribution in [0.4, 0.5) is 0 Å². The Labute approximate surface area is 400 Å². The van der Waals surface area contributed by atoms with E-state index >= 15 is 0 Å². The number of carbonyl (C=O) groups is 1. The van der Waals surface area contributed by atoms with Gasteiger partial charge >= 0.3 is 16.4 Å². The highest BCUT2D eigenvalue weighted by Gasteiger charge is 2.48. The zero-order valence-corrected chi connectivity index (χ0v) is 41.5. The van der Waals surface area contributed by atoms with E-state index in [9.17, 15) is 33.1 Å². The molecule has 66 heavy (non-hydrogen) atoms. The van der Waals surface area contributed by atoms with Gasteiger partial charge in [-0.05, 0) is 89.9 Å². The van der Waals surface area contributed by atoms with E-state index in [0.29, 0.717) is 13.0 Å². The number of allylic oxidation sites excluding steroid dienone is 14. The number of unbranched alkanes of at least 4 members (excludes halogenated alkanes) is 16. The molecule has 13 heteroatoms. The van der Waals surface area contributed by atoms with Gasteiger partial charge in [-0.15, -0.1) is 0 Å². The summed E-state index contributed by atoms with van der Waals surface area (Å²) in [4.78, 5) is 12.9. The Kier molecular flexibility index (Phi) is 40.4. The highest BCUT2D eigenvalue weighted by Crippen LogP contribution is 2.26. The van der Waals surface area contributed by atoms with E-state index in [4.69, 9.17) is 18.9 Å². The fraction of sp³-hybridized carbons (Fsp3) is 0.717. The van der Waals surface area contributed by atoms with Gasteiger partial charge in [-0.2, -0.15) is 8.42 Å². The third-order valence-corrected chi connectivity index (χ3v) is 11.5. The van der Waals surface area contributed by atoms with Crippen molar-refractivity contribution in [1.29, 1.82) is 0 Å². The summed E-state index contributed by atoms with van der Waals surface area (Å²) in [7, 11) is -5.07. The standard InChI is InChI=1S/C53H90O12S/c1-3-5-7-9-11-13-15-17-19-21-22-23-24-25-26-27-28-30-32-34-36-38-40-42-49(55)63-47(46-62-53-51(57)52(65-66(58,59)60)50(56)48(44-54)64-53)45-61-43-41-39-37-35-33-31-29-20-18-16-14-12-10-8-6-4-2/h6,8,12,14-15,17-18,20-22,24-25,31,33,47-48,50-54,56-57H,3-5,7,9-11,13,16,19,23,26-30,32,34-46H2,1-2H3,(H,58,59,60)/b8-6-,14-12-,17-15-,20-18-,22-21-,25-24-,33-31-. The zero-order valence-electron chi connectivity index (χ0n) is 40.7. The van der Waals surface area contributed by atoms with Gasteiger partial charge in [0.1, 0.15) is 30.5 Å². The van der Waals surface area contributed by atoms with Crippen molar-refractivity contribution in [3.8, 4) is 0 Å². The smallest absolute Gasteiger partial charge is 0.397 e. The number of carbonyl (C=O) groups excluding carboxylic acids is 1. The number of rotatable bonds is 43. The van der Waals surface area contributed by atoms with Gasteiger partial charge in [0, 0.05) is 13.0 Å². The van der Waals surface area contributed by atoms with Crippen molar-refractivity contribution < 1.29 is 56.2 Å². The van der Waals surface area contributed by atoms with Crippen LogP contribution in [0.2, 0.25) is 0 Å². The van der Waals surface area contributed by atoms with Gasteiger partial charge in [0.25, 0.3) is 0 Å². The molecular formula is C53H90O12S. The van der Waals surface area contributed by atoms with E-state index in [1.807, 2.05) is 0 Å². The Bertz CT molecular complexity index is 1470. The summed E-state index contributed by atoms with van der Waals surface area (Å²) in [6.45, 7) is 3.77. The van der Waals surface area contributed by atoms with Gasteiger partial charge in [-0.1, -0.05) is 170 Å². The summed E-state index contributed by atoms with van der Waals surface area (Å²) in [6.07, 6.45) is 49.0.